The van der Waals surface area contributed by atoms with E-state index in [1.165, 1.54) is 0 Å². The Bertz CT molecular complexity index is 411. The summed E-state index contributed by atoms with van der Waals surface area (Å²) in [4.78, 5) is 14.0. The van der Waals surface area contributed by atoms with Gasteiger partial charge in [0.1, 0.15) is 0 Å². The second-order valence-corrected chi connectivity index (χ2v) is 5.11. The van der Waals surface area contributed by atoms with Crippen molar-refractivity contribution in [3.8, 4) is 0 Å². The van der Waals surface area contributed by atoms with Gasteiger partial charge in [-0.3, -0.25) is 4.79 Å². The number of hydrogen-bond donors (Lipinski definition) is 2. The fraction of sp³-hybridized carbons (Fsp3) is 0.533. The lowest BCUT2D eigenvalue weighted by atomic mass is 10.1. The molecule has 104 valence electrons. The van der Waals surface area contributed by atoms with E-state index < -0.39 is 0 Å². The summed E-state index contributed by atoms with van der Waals surface area (Å²) in [5.74, 6) is 0.199. The number of rotatable bonds is 5. The first kappa shape index (κ1) is 14.0. The van der Waals surface area contributed by atoms with Crippen LogP contribution in [0.4, 0.5) is 0 Å². The van der Waals surface area contributed by atoms with E-state index in [2.05, 4.69) is 5.32 Å². The van der Waals surface area contributed by atoms with Gasteiger partial charge in [0.05, 0.1) is 12.6 Å². The minimum absolute atomic E-state index is 0.0670. The van der Waals surface area contributed by atoms with Crippen LogP contribution < -0.4 is 5.32 Å². The van der Waals surface area contributed by atoms with E-state index in [1.54, 1.807) is 0 Å². The Morgan fingerprint density at radius 3 is 2.42 bits per heavy atom. The van der Waals surface area contributed by atoms with E-state index >= 15 is 0 Å². The van der Waals surface area contributed by atoms with Gasteiger partial charge in [-0.25, -0.2) is 0 Å². The molecule has 0 bridgehead atoms. The maximum absolute atomic E-state index is 12.1. The maximum Gasteiger partial charge on any atom is 0.239 e. The average Bonchev–Trinajstić information content (AvgIpc) is 2.98. The van der Waals surface area contributed by atoms with Crippen molar-refractivity contribution < 1.29 is 9.90 Å². The molecule has 4 heteroatoms. The van der Waals surface area contributed by atoms with Crippen LogP contribution in [0.1, 0.15) is 30.9 Å². The molecule has 1 unspecified atom stereocenters. The summed E-state index contributed by atoms with van der Waals surface area (Å²) in [6, 6.07) is 7.63. The number of aliphatic hydroxyl groups is 1. The molecule has 1 heterocycles. The van der Waals surface area contributed by atoms with Crippen LogP contribution in [0.2, 0.25) is 0 Å². The van der Waals surface area contributed by atoms with Gasteiger partial charge in [0.15, 0.2) is 0 Å². The SMILES string of the molecule is CC(NCc1ccc(CO)cc1)C(=O)N1CCCC1. The summed E-state index contributed by atoms with van der Waals surface area (Å²) in [5, 5.41) is 12.2. The molecule has 1 aromatic rings. The molecule has 2 N–H and O–H groups in total. The zero-order valence-electron chi connectivity index (χ0n) is 11.4. The topological polar surface area (TPSA) is 52.6 Å². The Morgan fingerprint density at radius 1 is 1.26 bits per heavy atom. The van der Waals surface area contributed by atoms with Crippen molar-refractivity contribution in [3.63, 3.8) is 0 Å². The van der Waals surface area contributed by atoms with Crippen molar-refractivity contribution in [2.24, 2.45) is 0 Å². The minimum atomic E-state index is -0.143. The monoisotopic (exact) mass is 262 g/mol. The summed E-state index contributed by atoms with van der Waals surface area (Å²) in [6.07, 6.45) is 2.25. The van der Waals surface area contributed by atoms with Crippen LogP contribution in [0.25, 0.3) is 0 Å². The van der Waals surface area contributed by atoms with Gasteiger partial charge >= 0.3 is 0 Å². The Kier molecular flexibility index (Phi) is 4.93. The molecule has 1 fully saturated rings. The lowest BCUT2D eigenvalue weighted by molar-refractivity contribution is -0.131. The second kappa shape index (κ2) is 6.68. The van der Waals surface area contributed by atoms with Gasteiger partial charge in [0, 0.05) is 19.6 Å². The fourth-order valence-corrected chi connectivity index (χ4v) is 2.33. The van der Waals surface area contributed by atoms with E-state index in [0.29, 0.717) is 6.54 Å². The second-order valence-electron chi connectivity index (χ2n) is 5.11. The highest BCUT2D eigenvalue weighted by atomic mass is 16.3. The Balaban J connectivity index is 1.81. The summed E-state index contributed by atoms with van der Waals surface area (Å²) in [7, 11) is 0. The first-order valence-electron chi connectivity index (χ1n) is 6.91. The lowest BCUT2D eigenvalue weighted by Gasteiger charge is -2.21. The van der Waals surface area contributed by atoms with Crippen molar-refractivity contribution >= 4 is 5.91 Å². The van der Waals surface area contributed by atoms with Gasteiger partial charge in [0.25, 0.3) is 0 Å². The number of likely N-dealkylation sites (tertiary alicyclic amines) is 1. The summed E-state index contributed by atoms with van der Waals surface area (Å²) in [6.45, 7) is 4.46. The molecule has 1 atom stereocenters. The number of carbonyl (C=O) groups is 1. The van der Waals surface area contributed by atoms with Crippen molar-refractivity contribution in [1.29, 1.82) is 0 Å². The molecule has 0 saturated carbocycles. The highest BCUT2D eigenvalue weighted by Gasteiger charge is 2.22. The zero-order valence-corrected chi connectivity index (χ0v) is 11.4. The number of benzene rings is 1. The van der Waals surface area contributed by atoms with Crippen LogP contribution in [-0.4, -0.2) is 35.0 Å². The minimum Gasteiger partial charge on any atom is -0.392 e. The van der Waals surface area contributed by atoms with E-state index in [-0.39, 0.29) is 18.6 Å². The van der Waals surface area contributed by atoms with Gasteiger partial charge in [0.2, 0.25) is 5.91 Å². The summed E-state index contributed by atoms with van der Waals surface area (Å²) in [5.41, 5.74) is 2.03. The molecular weight excluding hydrogens is 240 g/mol. The van der Waals surface area contributed by atoms with E-state index in [1.807, 2.05) is 36.1 Å². The molecule has 1 saturated heterocycles. The molecule has 1 aliphatic rings. The zero-order chi connectivity index (χ0) is 13.7. The number of carbonyl (C=O) groups excluding carboxylic acids is 1. The van der Waals surface area contributed by atoms with Crippen LogP contribution in [0.3, 0.4) is 0 Å². The maximum atomic E-state index is 12.1. The summed E-state index contributed by atoms with van der Waals surface area (Å²) < 4.78 is 0. The normalized spacial score (nSPS) is 16.6. The number of nitrogens with one attached hydrogen (secondary N) is 1. The average molecular weight is 262 g/mol. The third kappa shape index (κ3) is 3.78. The van der Waals surface area contributed by atoms with Crippen LogP contribution in [0, 0.1) is 0 Å². The molecule has 0 aliphatic carbocycles. The third-order valence-electron chi connectivity index (χ3n) is 3.61. The predicted molar refractivity (Wildman–Crippen MR) is 74.5 cm³/mol. The largest absolute Gasteiger partial charge is 0.392 e. The number of amides is 1. The first-order valence-corrected chi connectivity index (χ1v) is 6.91. The Morgan fingerprint density at radius 2 is 1.84 bits per heavy atom. The molecule has 1 aliphatic heterocycles. The molecule has 2 rings (SSSR count). The van der Waals surface area contributed by atoms with Crippen molar-refractivity contribution in [2.75, 3.05) is 13.1 Å². The number of hydrogen-bond acceptors (Lipinski definition) is 3. The van der Waals surface area contributed by atoms with Gasteiger partial charge in [-0.15, -0.1) is 0 Å². The number of nitrogens with zero attached hydrogens (tertiary/aromatic N) is 1. The molecule has 1 aromatic carbocycles. The third-order valence-corrected chi connectivity index (χ3v) is 3.61. The van der Waals surface area contributed by atoms with Crippen molar-refractivity contribution in [1.82, 2.24) is 10.2 Å². The fourth-order valence-electron chi connectivity index (χ4n) is 2.33. The van der Waals surface area contributed by atoms with E-state index in [9.17, 15) is 4.79 Å². The van der Waals surface area contributed by atoms with E-state index in [0.717, 1.165) is 37.1 Å². The Hall–Kier alpha value is -1.39. The van der Waals surface area contributed by atoms with Crippen LogP contribution in [0.15, 0.2) is 24.3 Å². The molecule has 0 aromatic heterocycles. The molecule has 19 heavy (non-hydrogen) atoms. The highest BCUT2D eigenvalue weighted by Crippen LogP contribution is 2.09. The molecule has 0 radical (unpaired) electrons. The van der Waals surface area contributed by atoms with Gasteiger partial charge in [-0.1, -0.05) is 24.3 Å². The van der Waals surface area contributed by atoms with Gasteiger partial charge in [-0.05, 0) is 30.9 Å². The standard InChI is InChI=1S/C15H22N2O2/c1-12(15(19)17-8-2-3-9-17)16-10-13-4-6-14(11-18)7-5-13/h4-7,12,16,18H,2-3,8-11H2,1H3. The quantitative estimate of drug-likeness (QED) is 0.840. The van der Waals surface area contributed by atoms with Gasteiger partial charge < -0.3 is 15.3 Å². The van der Waals surface area contributed by atoms with Crippen molar-refractivity contribution in [2.45, 2.75) is 39.0 Å². The predicted octanol–water partition coefficient (Wildman–Crippen LogP) is 1.28. The molecular formula is C15H22N2O2. The molecule has 0 spiro atoms. The Labute approximate surface area is 114 Å². The molecule has 4 nitrogen and oxygen atoms in total. The first-order chi connectivity index (χ1) is 9.20. The number of aliphatic hydroxyl groups excluding tert-OH is 1. The van der Waals surface area contributed by atoms with Crippen LogP contribution in [0.5, 0.6) is 0 Å². The van der Waals surface area contributed by atoms with E-state index in [4.69, 9.17) is 5.11 Å². The van der Waals surface area contributed by atoms with Crippen molar-refractivity contribution in [3.05, 3.63) is 35.4 Å². The van der Waals surface area contributed by atoms with Crippen LogP contribution >= 0.6 is 0 Å². The highest BCUT2D eigenvalue weighted by molar-refractivity contribution is 5.81. The summed E-state index contributed by atoms with van der Waals surface area (Å²) >= 11 is 0. The molecule has 1 amide bonds. The van der Waals surface area contributed by atoms with Gasteiger partial charge in [-0.2, -0.15) is 0 Å². The lowest BCUT2D eigenvalue weighted by Crippen LogP contribution is -2.43. The van der Waals surface area contributed by atoms with Crippen LogP contribution in [-0.2, 0) is 17.9 Å². The smallest absolute Gasteiger partial charge is 0.239 e.